The van der Waals surface area contributed by atoms with Crippen molar-refractivity contribution in [2.45, 2.75) is 25.3 Å². The fourth-order valence-electron chi connectivity index (χ4n) is 3.02. The van der Waals surface area contributed by atoms with Crippen molar-refractivity contribution in [1.82, 2.24) is 10.2 Å². The Morgan fingerprint density at radius 3 is 2.61 bits per heavy atom. The number of benzene rings is 2. The number of nitrogens with zero attached hydrogens (tertiary/aromatic N) is 1. The molecule has 0 saturated carbocycles. The Morgan fingerprint density at radius 2 is 1.93 bits per heavy atom. The number of halogens is 2. The summed E-state index contributed by atoms with van der Waals surface area (Å²) in [5.41, 5.74) is 0.247. The monoisotopic (exact) mass is 403 g/mol. The third-order valence-corrected chi connectivity index (χ3v) is 4.90. The summed E-state index contributed by atoms with van der Waals surface area (Å²) in [6, 6.07) is 12.7. The maximum Gasteiger partial charge on any atom is 0.325 e. The first-order valence-electron chi connectivity index (χ1n) is 8.71. The molecule has 1 aliphatic rings. The molecule has 4 amide bonds. The average Bonchev–Trinajstić information content (AvgIpc) is 2.87. The number of hydrogen-bond acceptors (Lipinski definition) is 3. The predicted molar refractivity (Wildman–Crippen MR) is 103 cm³/mol. The molecule has 1 fully saturated rings. The molecule has 1 aliphatic heterocycles. The molecule has 28 heavy (non-hydrogen) atoms. The van der Waals surface area contributed by atoms with Gasteiger partial charge in [-0.15, -0.1) is 0 Å². The van der Waals surface area contributed by atoms with Crippen LogP contribution < -0.4 is 10.6 Å². The molecule has 2 aromatic carbocycles. The van der Waals surface area contributed by atoms with Crippen molar-refractivity contribution >= 4 is 35.1 Å². The molecule has 1 heterocycles. The SMILES string of the molecule is C[C@@]1(CCc2ccccc2)NC(=O)N(CC(=O)Nc2ccc(F)c(Cl)c2)C1=O. The molecule has 146 valence electrons. The number of carbonyl (C=O) groups excluding carboxylic acids is 3. The zero-order chi connectivity index (χ0) is 20.3. The van der Waals surface area contributed by atoms with Gasteiger partial charge < -0.3 is 10.6 Å². The largest absolute Gasteiger partial charge is 0.325 e. The predicted octanol–water partition coefficient (Wildman–Crippen LogP) is 3.36. The second-order valence-corrected chi connectivity index (χ2v) is 7.22. The van der Waals surface area contributed by atoms with E-state index in [0.29, 0.717) is 12.8 Å². The Labute approximate surface area is 166 Å². The number of nitrogens with one attached hydrogen (secondary N) is 2. The Bertz CT molecular complexity index is 922. The van der Waals surface area contributed by atoms with Gasteiger partial charge in [0.15, 0.2) is 0 Å². The van der Waals surface area contributed by atoms with Gasteiger partial charge in [0.25, 0.3) is 5.91 Å². The van der Waals surface area contributed by atoms with E-state index in [0.717, 1.165) is 16.5 Å². The van der Waals surface area contributed by atoms with Gasteiger partial charge in [-0.25, -0.2) is 9.18 Å². The van der Waals surface area contributed by atoms with E-state index in [4.69, 9.17) is 11.6 Å². The molecule has 0 aliphatic carbocycles. The van der Waals surface area contributed by atoms with E-state index in [1.807, 2.05) is 30.3 Å². The zero-order valence-electron chi connectivity index (χ0n) is 15.2. The number of urea groups is 1. The molecule has 0 aromatic heterocycles. The van der Waals surface area contributed by atoms with Crippen molar-refractivity contribution in [1.29, 1.82) is 0 Å². The Hall–Kier alpha value is -2.93. The van der Waals surface area contributed by atoms with Crippen LogP contribution >= 0.6 is 11.6 Å². The minimum Gasteiger partial charge on any atom is -0.324 e. The van der Waals surface area contributed by atoms with E-state index in [-0.39, 0.29) is 10.7 Å². The number of anilines is 1. The average molecular weight is 404 g/mol. The van der Waals surface area contributed by atoms with Crippen LogP contribution in [0.5, 0.6) is 0 Å². The highest BCUT2D eigenvalue weighted by atomic mass is 35.5. The van der Waals surface area contributed by atoms with Crippen LogP contribution in [0, 0.1) is 5.82 Å². The van der Waals surface area contributed by atoms with Crippen molar-refractivity contribution in [3.8, 4) is 0 Å². The highest BCUT2D eigenvalue weighted by Crippen LogP contribution is 2.24. The first-order chi connectivity index (χ1) is 13.3. The van der Waals surface area contributed by atoms with Crippen LogP contribution in [0.3, 0.4) is 0 Å². The van der Waals surface area contributed by atoms with Gasteiger partial charge in [0.05, 0.1) is 5.02 Å². The summed E-state index contributed by atoms with van der Waals surface area (Å²) in [5.74, 6) is -1.65. The Kier molecular flexibility index (Phi) is 5.65. The van der Waals surface area contributed by atoms with E-state index >= 15 is 0 Å². The maximum atomic E-state index is 13.2. The van der Waals surface area contributed by atoms with E-state index in [9.17, 15) is 18.8 Å². The van der Waals surface area contributed by atoms with Gasteiger partial charge in [-0.05, 0) is 43.5 Å². The normalized spacial score (nSPS) is 18.9. The fraction of sp³-hybridized carbons (Fsp3) is 0.250. The number of hydrogen-bond donors (Lipinski definition) is 2. The lowest BCUT2D eigenvalue weighted by Crippen LogP contribution is -2.45. The summed E-state index contributed by atoms with van der Waals surface area (Å²) in [5, 5.41) is 5.03. The summed E-state index contributed by atoms with van der Waals surface area (Å²) in [7, 11) is 0. The van der Waals surface area contributed by atoms with E-state index < -0.39 is 35.7 Å². The number of carbonyl (C=O) groups is 3. The summed E-state index contributed by atoms with van der Waals surface area (Å²) >= 11 is 5.68. The molecule has 0 spiro atoms. The third-order valence-electron chi connectivity index (χ3n) is 4.61. The van der Waals surface area contributed by atoms with Gasteiger partial charge in [-0.2, -0.15) is 0 Å². The lowest BCUT2D eigenvalue weighted by Gasteiger charge is -2.21. The van der Waals surface area contributed by atoms with Gasteiger partial charge >= 0.3 is 6.03 Å². The number of imide groups is 1. The minimum atomic E-state index is -1.08. The van der Waals surface area contributed by atoms with Crippen LogP contribution in [0.4, 0.5) is 14.9 Å². The van der Waals surface area contributed by atoms with Crippen LogP contribution in [0.2, 0.25) is 5.02 Å². The highest BCUT2D eigenvalue weighted by Gasteiger charge is 2.47. The second-order valence-electron chi connectivity index (χ2n) is 6.82. The molecule has 6 nitrogen and oxygen atoms in total. The van der Waals surface area contributed by atoms with Gasteiger partial charge in [-0.3, -0.25) is 14.5 Å². The fourth-order valence-corrected chi connectivity index (χ4v) is 3.20. The number of aryl methyl sites for hydroxylation is 1. The molecular weight excluding hydrogens is 385 g/mol. The molecule has 1 saturated heterocycles. The standard InChI is InChI=1S/C20H19ClFN3O3/c1-20(10-9-13-5-3-2-4-6-13)18(27)25(19(28)24-20)12-17(26)23-14-7-8-16(22)15(21)11-14/h2-8,11H,9-10,12H2,1H3,(H,23,26)(H,24,28)/t20-/m0/s1. The van der Waals surface area contributed by atoms with E-state index in [1.54, 1.807) is 6.92 Å². The first-order valence-corrected chi connectivity index (χ1v) is 9.09. The molecular formula is C20H19ClFN3O3. The summed E-state index contributed by atoms with van der Waals surface area (Å²) in [6.45, 7) is 1.20. The molecule has 1 atom stereocenters. The van der Waals surface area contributed by atoms with Crippen molar-refractivity contribution in [2.24, 2.45) is 0 Å². The number of amides is 4. The van der Waals surface area contributed by atoms with Crippen LogP contribution in [0.25, 0.3) is 0 Å². The second kappa shape index (κ2) is 7.98. The van der Waals surface area contributed by atoms with Crippen molar-refractivity contribution in [3.05, 3.63) is 64.9 Å². The smallest absolute Gasteiger partial charge is 0.324 e. The summed E-state index contributed by atoms with van der Waals surface area (Å²) in [6.07, 6.45) is 1.02. The molecule has 8 heteroatoms. The molecule has 3 rings (SSSR count). The topological polar surface area (TPSA) is 78.5 Å². The zero-order valence-corrected chi connectivity index (χ0v) is 15.9. The van der Waals surface area contributed by atoms with Gasteiger partial charge in [0, 0.05) is 5.69 Å². The maximum absolute atomic E-state index is 13.2. The van der Waals surface area contributed by atoms with Crippen LogP contribution in [0.1, 0.15) is 18.9 Å². The van der Waals surface area contributed by atoms with E-state index in [1.165, 1.54) is 12.1 Å². The van der Waals surface area contributed by atoms with E-state index in [2.05, 4.69) is 10.6 Å². The molecule has 0 unspecified atom stereocenters. The third kappa shape index (κ3) is 4.31. The molecule has 2 aromatic rings. The molecule has 0 bridgehead atoms. The Balaban J connectivity index is 1.62. The quantitative estimate of drug-likeness (QED) is 0.726. The van der Waals surface area contributed by atoms with Crippen LogP contribution in [-0.4, -0.2) is 34.8 Å². The van der Waals surface area contributed by atoms with Crippen LogP contribution in [0.15, 0.2) is 48.5 Å². The molecule has 2 N–H and O–H groups in total. The minimum absolute atomic E-state index is 0.138. The lowest BCUT2D eigenvalue weighted by molar-refractivity contribution is -0.133. The highest BCUT2D eigenvalue weighted by molar-refractivity contribution is 6.31. The van der Waals surface area contributed by atoms with Gasteiger partial charge in [-0.1, -0.05) is 41.9 Å². The van der Waals surface area contributed by atoms with Gasteiger partial charge in [0.1, 0.15) is 17.9 Å². The van der Waals surface area contributed by atoms with Crippen molar-refractivity contribution < 1.29 is 18.8 Å². The summed E-state index contributed by atoms with van der Waals surface area (Å²) < 4.78 is 13.2. The van der Waals surface area contributed by atoms with Crippen molar-refractivity contribution in [2.75, 3.05) is 11.9 Å². The Morgan fingerprint density at radius 1 is 1.21 bits per heavy atom. The molecule has 0 radical (unpaired) electrons. The first kappa shape index (κ1) is 19.8. The lowest BCUT2D eigenvalue weighted by atomic mass is 9.93. The van der Waals surface area contributed by atoms with Crippen LogP contribution in [-0.2, 0) is 16.0 Å². The number of rotatable bonds is 6. The summed E-state index contributed by atoms with van der Waals surface area (Å²) in [4.78, 5) is 38.1. The van der Waals surface area contributed by atoms with Gasteiger partial charge in [0.2, 0.25) is 5.91 Å². The van der Waals surface area contributed by atoms with Crippen molar-refractivity contribution in [3.63, 3.8) is 0 Å².